The molecule has 0 saturated heterocycles. The molecular formula is C11H11F3N2OS. The predicted molar refractivity (Wildman–Crippen MR) is 64.7 cm³/mol. The number of hydrogen-bond donors (Lipinski definition) is 1. The number of alkyl halides is 3. The molecule has 1 aromatic rings. The Morgan fingerprint density at radius 2 is 2.11 bits per heavy atom. The summed E-state index contributed by atoms with van der Waals surface area (Å²) >= 11 is 1.37. The van der Waals surface area contributed by atoms with Crippen LogP contribution in [0.3, 0.4) is 0 Å². The molecule has 1 aliphatic rings. The van der Waals surface area contributed by atoms with Gasteiger partial charge in [0.25, 0.3) is 0 Å². The Balaban J connectivity index is 2.02. The number of hydrogen-bond acceptors (Lipinski definition) is 4. The number of amidine groups is 1. The molecule has 1 N–H and O–H groups in total. The molecule has 0 radical (unpaired) electrons. The lowest BCUT2D eigenvalue weighted by Crippen LogP contribution is -2.18. The van der Waals surface area contributed by atoms with Crippen LogP contribution in [0.5, 0.6) is 5.75 Å². The first-order valence-corrected chi connectivity index (χ1v) is 6.28. The van der Waals surface area contributed by atoms with Gasteiger partial charge >= 0.3 is 6.36 Å². The highest BCUT2D eigenvalue weighted by atomic mass is 32.2. The molecule has 3 nitrogen and oxygen atoms in total. The molecular weight excluding hydrogens is 265 g/mol. The van der Waals surface area contributed by atoms with Gasteiger partial charge in [0.15, 0.2) is 5.17 Å². The zero-order valence-corrected chi connectivity index (χ0v) is 10.1. The number of aliphatic imine (C=N–C) groups is 1. The van der Waals surface area contributed by atoms with Crippen molar-refractivity contribution in [2.75, 3.05) is 13.1 Å². The fraction of sp³-hybridized carbons (Fsp3) is 0.364. The normalized spacial score (nSPS) is 15.2. The molecule has 0 unspecified atom stereocenters. The number of halogens is 3. The second-order valence-corrected chi connectivity index (χ2v) is 4.52. The molecule has 0 spiro atoms. The van der Waals surface area contributed by atoms with Gasteiger partial charge in [0.1, 0.15) is 5.75 Å². The summed E-state index contributed by atoms with van der Waals surface area (Å²) in [7, 11) is 0. The maximum absolute atomic E-state index is 12.2. The van der Waals surface area contributed by atoms with E-state index in [1.54, 1.807) is 12.1 Å². The van der Waals surface area contributed by atoms with Crippen molar-refractivity contribution >= 4 is 16.9 Å². The van der Waals surface area contributed by atoms with E-state index in [-0.39, 0.29) is 5.75 Å². The van der Waals surface area contributed by atoms with Gasteiger partial charge < -0.3 is 10.1 Å². The molecule has 2 rings (SSSR count). The standard InChI is InChI=1S/C11H11F3N2OS/c12-11(13,14)17-9-4-2-1-3-8(9)7-18-10-15-5-6-16-10/h1-4H,5-7H2,(H,15,16). The SMILES string of the molecule is FC(F)(F)Oc1ccccc1CSC1=NCCN1. The third kappa shape index (κ3) is 3.83. The van der Waals surface area contributed by atoms with Gasteiger partial charge in [-0.2, -0.15) is 0 Å². The third-order valence-electron chi connectivity index (χ3n) is 2.21. The molecule has 0 saturated carbocycles. The van der Waals surface area contributed by atoms with Crippen molar-refractivity contribution < 1.29 is 17.9 Å². The van der Waals surface area contributed by atoms with Crippen molar-refractivity contribution in [3.8, 4) is 5.75 Å². The van der Waals surface area contributed by atoms with E-state index in [0.717, 1.165) is 11.7 Å². The number of thioether (sulfide) groups is 1. The average Bonchev–Trinajstić information content (AvgIpc) is 2.79. The molecule has 7 heteroatoms. The third-order valence-corrected chi connectivity index (χ3v) is 3.21. The average molecular weight is 276 g/mol. The molecule has 1 heterocycles. The van der Waals surface area contributed by atoms with Crippen LogP contribution in [0, 0.1) is 0 Å². The van der Waals surface area contributed by atoms with Crippen molar-refractivity contribution in [3.05, 3.63) is 29.8 Å². The highest BCUT2D eigenvalue weighted by Crippen LogP contribution is 2.29. The quantitative estimate of drug-likeness (QED) is 0.921. The summed E-state index contributed by atoms with van der Waals surface area (Å²) in [4.78, 5) is 4.16. The Labute approximate surface area is 106 Å². The van der Waals surface area contributed by atoms with Gasteiger partial charge in [-0.05, 0) is 6.07 Å². The molecule has 1 aromatic carbocycles. The van der Waals surface area contributed by atoms with Crippen molar-refractivity contribution in [1.82, 2.24) is 5.32 Å². The van der Waals surface area contributed by atoms with Gasteiger partial charge in [0.05, 0.1) is 6.54 Å². The van der Waals surface area contributed by atoms with E-state index in [1.165, 1.54) is 23.9 Å². The minimum atomic E-state index is -4.66. The van der Waals surface area contributed by atoms with Crippen LogP contribution in [0.2, 0.25) is 0 Å². The molecule has 0 fully saturated rings. The summed E-state index contributed by atoms with van der Waals surface area (Å²) in [6.45, 7) is 1.49. The Morgan fingerprint density at radius 1 is 1.33 bits per heavy atom. The van der Waals surface area contributed by atoms with Crippen molar-refractivity contribution in [3.63, 3.8) is 0 Å². The largest absolute Gasteiger partial charge is 0.573 e. The monoisotopic (exact) mass is 276 g/mol. The Hall–Kier alpha value is -1.37. The predicted octanol–water partition coefficient (Wildman–Crippen LogP) is 2.78. The van der Waals surface area contributed by atoms with E-state index in [0.29, 0.717) is 17.9 Å². The summed E-state index contributed by atoms with van der Waals surface area (Å²) in [6.07, 6.45) is -4.66. The van der Waals surface area contributed by atoms with Crippen molar-refractivity contribution in [1.29, 1.82) is 0 Å². The molecule has 0 aliphatic carbocycles. The summed E-state index contributed by atoms with van der Waals surface area (Å²) in [5.41, 5.74) is 0.497. The van der Waals surface area contributed by atoms with E-state index < -0.39 is 6.36 Å². The van der Waals surface area contributed by atoms with Gasteiger partial charge in [-0.1, -0.05) is 30.0 Å². The summed E-state index contributed by atoms with van der Waals surface area (Å²) in [5.74, 6) is 0.231. The maximum Gasteiger partial charge on any atom is 0.573 e. The summed E-state index contributed by atoms with van der Waals surface area (Å²) in [6, 6.07) is 6.13. The fourth-order valence-electron chi connectivity index (χ4n) is 1.47. The zero-order chi connectivity index (χ0) is 13.0. The minimum Gasteiger partial charge on any atom is -0.405 e. The summed E-state index contributed by atoms with van der Waals surface area (Å²) in [5, 5.41) is 3.81. The van der Waals surface area contributed by atoms with Crippen molar-refractivity contribution in [2.45, 2.75) is 12.1 Å². The smallest absolute Gasteiger partial charge is 0.405 e. The topological polar surface area (TPSA) is 33.6 Å². The van der Waals surface area contributed by atoms with Gasteiger partial charge in [-0.25, -0.2) is 0 Å². The van der Waals surface area contributed by atoms with Crippen LogP contribution in [-0.4, -0.2) is 24.6 Å². The van der Waals surface area contributed by atoms with Gasteiger partial charge in [0, 0.05) is 17.9 Å². The van der Waals surface area contributed by atoms with Crippen LogP contribution in [0.15, 0.2) is 29.3 Å². The van der Waals surface area contributed by atoms with Crippen molar-refractivity contribution in [2.24, 2.45) is 4.99 Å². The molecule has 0 aromatic heterocycles. The van der Waals surface area contributed by atoms with E-state index in [1.807, 2.05) is 0 Å². The summed E-state index contributed by atoms with van der Waals surface area (Å²) < 4.78 is 40.6. The first-order valence-electron chi connectivity index (χ1n) is 5.29. The lowest BCUT2D eigenvalue weighted by atomic mass is 10.2. The number of benzene rings is 1. The van der Waals surface area contributed by atoms with E-state index in [9.17, 15) is 13.2 Å². The molecule has 0 atom stereocenters. The number of para-hydroxylation sites is 1. The van der Waals surface area contributed by atoms with E-state index >= 15 is 0 Å². The molecule has 1 aliphatic heterocycles. The van der Waals surface area contributed by atoms with Crippen LogP contribution < -0.4 is 10.1 Å². The lowest BCUT2D eigenvalue weighted by Gasteiger charge is -2.12. The van der Waals surface area contributed by atoms with E-state index in [4.69, 9.17) is 0 Å². The molecule has 0 bridgehead atoms. The highest BCUT2D eigenvalue weighted by Gasteiger charge is 2.31. The number of ether oxygens (including phenoxy) is 1. The van der Waals surface area contributed by atoms with Gasteiger partial charge in [-0.3, -0.25) is 4.99 Å². The van der Waals surface area contributed by atoms with Crippen LogP contribution in [0.25, 0.3) is 0 Å². The Bertz CT molecular complexity index is 448. The van der Waals surface area contributed by atoms with Crippen LogP contribution in [-0.2, 0) is 5.75 Å². The number of nitrogens with zero attached hydrogens (tertiary/aromatic N) is 1. The van der Waals surface area contributed by atoms with Crippen LogP contribution in [0.1, 0.15) is 5.56 Å². The first-order chi connectivity index (χ1) is 8.54. The first kappa shape index (κ1) is 13.1. The lowest BCUT2D eigenvalue weighted by molar-refractivity contribution is -0.274. The highest BCUT2D eigenvalue weighted by molar-refractivity contribution is 8.13. The van der Waals surface area contributed by atoms with E-state index in [2.05, 4.69) is 15.0 Å². The molecule has 18 heavy (non-hydrogen) atoms. The second-order valence-electron chi connectivity index (χ2n) is 3.56. The number of nitrogens with one attached hydrogen (secondary N) is 1. The van der Waals surface area contributed by atoms with Gasteiger partial charge in [-0.15, -0.1) is 13.2 Å². The zero-order valence-electron chi connectivity index (χ0n) is 9.33. The maximum atomic E-state index is 12.2. The van der Waals surface area contributed by atoms with Crippen LogP contribution >= 0.6 is 11.8 Å². The number of rotatable bonds is 3. The molecule has 0 amide bonds. The Kier molecular flexibility index (Phi) is 4.00. The Morgan fingerprint density at radius 3 is 2.78 bits per heavy atom. The fourth-order valence-corrected chi connectivity index (χ4v) is 2.38. The van der Waals surface area contributed by atoms with Gasteiger partial charge in [0.2, 0.25) is 0 Å². The minimum absolute atomic E-state index is 0.156. The van der Waals surface area contributed by atoms with Crippen LogP contribution in [0.4, 0.5) is 13.2 Å². The second kappa shape index (κ2) is 5.51. The molecule has 98 valence electrons.